The first-order valence-electron chi connectivity index (χ1n) is 23.3. The van der Waals surface area contributed by atoms with Crippen LogP contribution in [0.5, 0.6) is 5.75 Å². The van der Waals surface area contributed by atoms with E-state index in [1.807, 2.05) is 48.4 Å². The summed E-state index contributed by atoms with van der Waals surface area (Å²) in [5, 5.41) is 2.75. The van der Waals surface area contributed by atoms with Gasteiger partial charge in [-0.05, 0) is 136 Å². The van der Waals surface area contributed by atoms with E-state index in [1.54, 1.807) is 6.07 Å². The van der Waals surface area contributed by atoms with E-state index in [2.05, 4.69) is 50.9 Å². The fraction of sp³-hybridized carbons (Fsp3) is 0.471. The van der Waals surface area contributed by atoms with Gasteiger partial charge in [0.1, 0.15) is 23.7 Å². The Morgan fingerprint density at radius 1 is 0.833 bits per heavy atom. The van der Waals surface area contributed by atoms with Gasteiger partial charge in [-0.15, -0.1) is 0 Å². The molecule has 2 atom stereocenters. The number of piperidine rings is 4. The van der Waals surface area contributed by atoms with Crippen molar-refractivity contribution < 1.29 is 28.3 Å². The molecule has 0 saturated carbocycles. The van der Waals surface area contributed by atoms with E-state index in [9.17, 15) is 19.2 Å². The molecule has 0 radical (unpaired) electrons. The number of carbonyl (C=O) groups excluding carboxylic acids is 4. The number of fused-ring (bicyclic) bond motifs is 1. The van der Waals surface area contributed by atoms with E-state index in [4.69, 9.17) is 27.9 Å². The van der Waals surface area contributed by atoms with Crippen molar-refractivity contribution in [1.82, 2.24) is 25.1 Å². The van der Waals surface area contributed by atoms with E-state index in [0.717, 1.165) is 111 Å². The molecule has 0 aliphatic carbocycles. The van der Waals surface area contributed by atoms with Crippen molar-refractivity contribution in [2.45, 2.75) is 89.7 Å². The molecule has 4 saturated heterocycles. The number of carbonyl (C=O) groups is 4. The quantitative estimate of drug-likeness (QED) is 0.115. The maximum Gasteiger partial charge on any atom is 0.262 e. The van der Waals surface area contributed by atoms with Gasteiger partial charge in [0.2, 0.25) is 17.8 Å². The molecule has 1 aromatic heterocycles. The van der Waals surface area contributed by atoms with Crippen LogP contribution >= 0.6 is 11.6 Å². The zero-order valence-corrected chi connectivity index (χ0v) is 38.5. The van der Waals surface area contributed by atoms with Gasteiger partial charge in [0, 0.05) is 55.8 Å². The monoisotopic (exact) mass is 914 g/mol. The van der Waals surface area contributed by atoms with Gasteiger partial charge in [0.15, 0.2) is 5.69 Å². The minimum Gasteiger partial charge on any atom is -0.484 e. The van der Waals surface area contributed by atoms with Crippen molar-refractivity contribution in [1.29, 1.82) is 0 Å². The Morgan fingerprint density at radius 3 is 2.15 bits per heavy atom. The van der Waals surface area contributed by atoms with Crippen molar-refractivity contribution in [2.75, 3.05) is 55.6 Å². The second kappa shape index (κ2) is 18.8. The molecular weight excluding hydrogens is 859 g/mol. The number of anilines is 2. The molecule has 6 heterocycles. The highest BCUT2D eigenvalue weighted by atomic mass is 35.5. The molecule has 4 fully saturated rings. The van der Waals surface area contributed by atoms with Gasteiger partial charge >= 0.3 is 0 Å². The Morgan fingerprint density at radius 2 is 1.48 bits per heavy atom. The van der Waals surface area contributed by atoms with Crippen LogP contribution in [0.15, 0.2) is 66.9 Å². The summed E-state index contributed by atoms with van der Waals surface area (Å²) in [5.41, 5.74) is 3.45. The first-order chi connectivity index (χ1) is 31.7. The summed E-state index contributed by atoms with van der Waals surface area (Å²) in [6.07, 6.45) is 7.99. The van der Waals surface area contributed by atoms with Gasteiger partial charge < -0.3 is 19.4 Å². The molecule has 1 N–H and O–H groups in total. The molecule has 2 unspecified atom stereocenters. The smallest absolute Gasteiger partial charge is 0.262 e. The molecule has 9 rings (SSSR count). The molecule has 5 aliphatic rings. The SMILES string of the molecule is [C-]#[N+]c1cc(Cl)cc(C(C)(C)c2ccc(OC(C)c3ccnc(N4CCC(CN5CCC(C6CCN(c7cc8c(cc7F)C(=O)N(C7CCC(=O)NC7=O)C8=O)CC6)CC5)CC4)n3)cc2)c1. The number of likely N-dealkylation sites (tertiary alicyclic amines) is 1. The van der Waals surface area contributed by atoms with Gasteiger partial charge in [-0.2, -0.15) is 0 Å². The predicted octanol–water partition coefficient (Wildman–Crippen LogP) is 8.53. The summed E-state index contributed by atoms with van der Waals surface area (Å²) < 4.78 is 21.9. The summed E-state index contributed by atoms with van der Waals surface area (Å²) >= 11 is 6.33. The Balaban J connectivity index is 0.714. The molecule has 0 spiro atoms. The minimum absolute atomic E-state index is 0.0295. The molecule has 5 aliphatic heterocycles. The van der Waals surface area contributed by atoms with Crippen LogP contribution < -0.4 is 19.9 Å². The first kappa shape index (κ1) is 45.3. The van der Waals surface area contributed by atoms with Gasteiger partial charge in [-0.25, -0.2) is 19.2 Å². The van der Waals surface area contributed by atoms with Gasteiger partial charge in [0.05, 0.1) is 29.1 Å². The Hall–Kier alpha value is -5.91. The molecule has 4 amide bonds. The second-order valence-electron chi connectivity index (χ2n) is 19.2. The molecular formula is C51H56ClFN8O5. The van der Waals surface area contributed by atoms with Crippen LogP contribution in [0.2, 0.25) is 5.02 Å². The van der Waals surface area contributed by atoms with Crippen molar-refractivity contribution in [2.24, 2.45) is 17.8 Å². The standard InChI is InChI=1S/C51H56ClFN8O5/c1-31(66-39-7-5-35(6-8-39)51(2,3)36-25-37(52)27-38(26-36)54-4)43-11-18-55-50(56-43)60-21-12-32(13-22-60)30-58-19-14-33(15-20-58)34-16-23-59(24-17-34)45-29-41-40(28-42(45)53)48(64)61(49(41)65)44-9-10-46(62)57-47(44)63/h5-8,11,18,25-29,31-34,44H,9-10,12-17,19-24,30H2,1-3H3,(H,57,62,63). The number of ether oxygens (including phenoxy) is 1. The minimum atomic E-state index is -1.08. The van der Waals surface area contributed by atoms with Crippen LogP contribution in [0.1, 0.15) is 116 Å². The lowest BCUT2D eigenvalue weighted by Gasteiger charge is -2.42. The largest absolute Gasteiger partial charge is 0.484 e. The van der Waals surface area contributed by atoms with Crippen LogP contribution in [0, 0.1) is 30.1 Å². The molecule has 3 aromatic carbocycles. The molecule has 0 bridgehead atoms. The summed E-state index contributed by atoms with van der Waals surface area (Å²) in [7, 11) is 0. The molecule has 344 valence electrons. The summed E-state index contributed by atoms with van der Waals surface area (Å²) in [4.78, 5) is 71.7. The van der Waals surface area contributed by atoms with Crippen LogP contribution in [0.4, 0.5) is 21.7 Å². The van der Waals surface area contributed by atoms with Crippen molar-refractivity contribution >= 4 is 52.6 Å². The highest BCUT2D eigenvalue weighted by molar-refractivity contribution is 6.31. The fourth-order valence-electron chi connectivity index (χ4n) is 10.7. The van der Waals surface area contributed by atoms with E-state index >= 15 is 4.39 Å². The topological polar surface area (TPSA) is 133 Å². The summed E-state index contributed by atoms with van der Waals surface area (Å²) in [6.45, 7) is 20.1. The summed E-state index contributed by atoms with van der Waals surface area (Å²) in [5.74, 6) is 0.291. The number of amides is 4. The molecule has 66 heavy (non-hydrogen) atoms. The van der Waals surface area contributed by atoms with Crippen LogP contribution in [0.3, 0.4) is 0 Å². The zero-order valence-electron chi connectivity index (χ0n) is 37.8. The number of hydrogen-bond donors (Lipinski definition) is 1. The molecule has 13 nitrogen and oxygen atoms in total. The van der Waals surface area contributed by atoms with Crippen LogP contribution in [-0.4, -0.2) is 95.3 Å². The lowest BCUT2D eigenvalue weighted by molar-refractivity contribution is -0.136. The number of imide groups is 2. The number of hydrogen-bond acceptors (Lipinski definition) is 10. The highest BCUT2D eigenvalue weighted by Crippen LogP contribution is 2.39. The third-order valence-electron chi connectivity index (χ3n) is 14.8. The second-order valence-corrected chi connectivity index (χ2v) is 19.6. The first-order valence-corrected chi connectivity index (χ1v) is 23.7. The predicted molar refractivity (Wildman–Crippen MR) is 249 cm³/mol. The average Bonchev–Trinajstić information content (AvgIpc) is 3.56. The van der Waals surface area contributed by atoms with Gasteiger partial charge in [-0.1, -0.05) is 43.6 Å². The lowest BCUT2D eigenvalue weighted by Crippen LogP contribution is -2.54. The van der Waals surface area contributed by atoms with Crippen molar-refractivity contribution in [3.63, 3.8) is 0 Å². The van der Waals surface area contributed by atoms with E-state index in [0.29, 0.717) is 47.2 Å². The molecule has 15 heteroatoms. The third kappa shape index (κ3) is 9.25. The summed E-state index contributed by atoms with van der Waals surface area (Å²) in [6, 6.07) is 17.0. The third-order valence-corrected chi connectivity index (χ3v) is 15.0. The van der Waals surface area contributed by atoms with Crippen molar-refractivity contribution in [3.05, 3.63) is 117 Å². The lowest BCUT2D eigenvalue weighted by atomic mass is 9.78. The highest BCUT2D eigenvalue weighted by Gasteiger charge is 2.45. The number of aromatic nitrogens is 2. The maximum absolute atomic E-state index is 15.6. The normalized spacial score (nSPS) is 20.9. The number of rotatable bonds is 11. The number of nitrogens with zero attached hydrogens (tertiary/aromatic N) is 7. The van der Waals surface area contributed by atoms with Crippen molar-refractivity contribution in [3.8, 4) is 5.75 Å². The zero-order chi connectivity index (χ0) is 46.3. The Kier molecular flexibility index (Phi) is 12.9. The Labute approximate surface area is 390 Å². The fourth-order valence-corrected chi connectivity index (χ4v) is 11.0. The van der Waals surface area contributed by atoms with E-state index in [-0.39, 0.29) is 35.5 Å². The van der Waals surface area contributed by atoms with E-state index in [1.165, 1.54) is 6.07 Å². The van der Waals surface area contributed by atoms with Crippen LogP contribution in [0.25, 0.3) is 4.85 Å². The Bertz CT molecular complexity index is 2560. The maximum atomic E-state index is 15.6. The average molecular weight is 916 g/mol. The molecule has 4 aromatic rings. The van der Waals surface area contributed by atoms with Gasteiger partial charge in [0.25, 0.3) is 11.8 Å². The number of nitrogens with one attached hydrogen (secondary N) is 1. The number of halogens is 2. The number of benzene rings is 3. The van der Waals surface area contributed by atoms with E-state index < -0.39 is 35.5 Å². The van der Waals surface area contributed by atoms with Crippen LogP contribution in [-0.2, 0) is 15.0 Å². The van der Waals surface area contributed by atoms with Gasteiger partial charge in [-0.3, -0.25) is 29.4 Å².